The molecule has 0 spiro atoms. The van der Waals surface area contributed by atoms with Crippen molar-refractivity contribution < 1.29 is 9.53 Å². The lowest BCUT2D eigenvalue weighted by molar-refractivity contribution is 0.0540. The van der Waals surface area contributed by atoms with Crippen LogP contribution in [0.25, 0.3) is 11.0 Å². The molecule has 4 rings (SSSR count). The number of rotatable bonds is 3. The number of nitrogens with zero attached hydrogens (tertiary/aromatic N) is 3. The van der Waals surface area contributed by atoms with Gasteiger partial charge in [-0.15, -0.1) is 0 Å². The van der Waals surface area contributed by atoms with Crippen LogP contribution in [0.2, 0.25) is 5.02 Å². The average molecular weight is 385 g/mol. The van der Waals surface area contributed by atoms with Crippen molar-refractivity contribution in [3.63, 3.8) is 0 Å². The summed E-state index contributed by atoms with van der Waals surface area (Å²) in [6.07, 6.45) is 1.70. The van der Waals surface area contributed by atoms with Gasteiger partial charge in [-0.3, -0.25) is 9.89 Å². The fourth-order valence-corrected chi connectivity index (χ4v) is 3.76. The van der Waals surface area contributed by atoms with Gasteiger partial charge in [0.1, 0.15) is 11.9 Å². The Hall–Kier alpha value is -2.60. The minimum absolute atomic E-state index is 0.0116. The molecular weight excluding hydrogens is 364 g/mol. The lowest BCUT2D eigenvalue weighted by Gasteiger charge is -2.33. The molecule has 1 unspecified atom stereocenters. The molecule has 1 fully saturated rings. The number of para-hydroxylation sites is 1. The first-order chi connectivity index (χ1) is 13.0. The molecule has 1 atom stereocenters. The zero-order valence-electron chi connectivity index (χ0n) is 15.3. The summed E-state index contributed by atoms with van der Waals surface area (Å²) in [5, 5.41) is 8.50. The van der Waals surface area contributed by atoms with Crippen LogP contribution in [0.3, 0.4) is 0 Å². The normalized spacial score (nSPS) is 17.3. The molecule has 0 radical (unpaired) electrons. The molecule has 3 aromatic rings. The van der Waals surface area contributed by atoms with Gasteiger partial charge in [0, 0.05) is 17.9 Å². The first-order valence-corrected chi connectivity index (χ1v) is 9.43. The monoisotopic (exact) mass is 384 g/mol. The van der Waals surface area contributed by atoms with E-state index < -0.39 is 0 Å². The minimum Gasteiger partial charge on any atom is -0.487 e. The third-order valence-corrected chi connectivity index (χ3v) is 5.17. The highest BCUT2D eigenvalue weighted by atomic mass is 35.5. The van der Waals surface area contributed by atoms with Crippen molar-refractivity contribution in [1.82, 2.24) is 20.1 Å². The number of carbonyl (C=O) groups is 1. The van der Waals surface area contributed by atoms with Crippen molar-refractivity contribution in [2.75, 3.05) is 13.1 Å². The van der Waals surface area contributed by atoms with Crippen molar-refractivity contribution in [1.29, 1.82) is 0 Å². The summed E-state index contributed by atoms with van der Waals surface area (Å²) in [5.41, 5.74) is 2.85. The number of carbonyl (C=O) groups excluding carboxylic acids is 1. The van der Waals surface area contributed by atoms with Crippen LogP contribution in [0.5, 0.6) is 5.75 Å². The predicted octanol–water partition coefficient (Wildman–Crippen LogP) is 3.91. The SMILES string of the molecule is Cc1cc(C(=O)N2CCCC(Oc3ccccc3Cl)C2)c2c(C)[nH]nc2n1. The predicted molar refractivity (Wildman–Crippen MR) is 104 cm³/mol. The standard InChI is InChI=1S/C20H21ClN4O2/c1-12-10-15(18-13(2)23-24-19(18)22-12)20(26)25-9-5-6-14(11-25)27-17-8-4-3-7-16(17)21/h3-4,7-8,10,14H,5-6,9,11H2,1-2H3,(H,22,23,24). The van der Waals surface area contributed by atoms with E-state index in [1.54, 1.807) is 6.07 Å². The van der Waals surface area contributed by atoms with Gasteiger partial charge in [-0.05, 0) is 44.9 Å². The van der Waals surface area contributed by atoms with Crippen LogP contribution in [0.15, 0.2) is 30.3 Å². The zero-order valence-corrected chi connectivity index (χ0v) is 16.1. The number of hydrogen-bond donors (Lipinski definition) is 1. The minimum atomic E-state index is -0.0773. The van der Waals surface area contributed by atoms with Gasteiger partial charge in [-0.1, -0.05) is 23.7 Å². The molecule has 0 aliphatic carbocycles. The van der Waals surface area contributed by atoms with Crippen molar-refractivity contribution in [3.05, 3.63) is 52.3 Å². The van der Waals surface area contributed by atoms with E-state index in [0.29, 0.717) is 35.1 Å². The van der Waals surface area contributed by atoms with E-state index in [1.807, 2.05) is 43.0 Å². The van der Waals surface area contributed by atoms with Crippen molar-refractivity contribution in [3.8, 4) is 5.75 Å². The fraction of sp³-hybridized carbons (Fsp3) is 0.350. The molecule has 1 amide bonds. The van der Waals surface area contributed by atoms with E-state index in [0.717, 1.165) is 29.6 Å². The summed E-state index contributed by atoms with van der Waals surface area (Å²) < 4.78 is 6.07. The molecule has 0 saturated carbocycles. The molecule has 27 heavy (non-hydrogen) atoms. The summed E-state index contributed by atoms with van der Waals surface area (Å²) in [5.74, 6) is 0.647. The van der Waals surface area contributed by atoms with Crippen LogP contribution < -0.4 is 4.74 Å². The van der Waals surface area contributed by atoms with E-state index >= 15 is 0 Å². The number of pyridine rings is 1. The highest BCUT2D eigenvalue weighted by molar-refractivity contribution is 6.32. The van der Waals surface area contributed by atoms with Crippen LogP contribution in [-0.2, 0) is 0 Å². The number of nitrogens with one attached hydrogen (secondary N) is 1. The number of halogens is 1. The number of ether oxygens (including phenoxy) is 1. The largest absolute Gasteiger partial charge is 0.487 e. The topological polar surface area (TPSA) is 71.1 Å². The Morgan fingerprint density at radius 2 is 2.15 bits per heavy atom. The lowest BCUT2D eigenvalue weighted by atomic mass is 10.0. The van der Waals surface area contributed by atoms with Crippen LogP contribution in [-0.4, -0.2) is 45.2 Å². The molecule has 1 saturated heterocycles. The quantitative estimate of drug-likeness (QED) is 0.743. The second-order valence-electron chi connectivity index (χ2n) is 6.92. The van der Waals surface area contributed by atoms with Crippen LogP contribution in [0, 0.1) is 13.8 Å². The van der Waals surface area contributed by atoms with Gasteiger partial charge in [0.05, 0.1) is 22.5 Å². The summed E-state index contributed by atoms with van der Waals surface area (Å²) in [6, 6.07) is 9.27. The second kappa shape index (κ2) is 7.19. The highest BCUT2D eigenvalue weighted by Crippen LogP contribution is 2.28. The molecule has 7 heteroatoms. The molecule has 1 aliphatic heterocycles. The summed E-state index contributed by atoms with van der Waals surface area (Å²) >= 11 is 6.20. The Morgan fingerprint density at radius 1 is 1.33 bits per heavy atom. The van der Waals surface area contributed by atoms with Crippen molar-refractivity contribution >= 4 is 28.5 Å². The molecule has 0 bridgehead atoms. The number of fused-ring (bicyclic) bond motifs is 1. The number of hydrogen-bond acceptors (Lipinski definition) is 4. The summed E-state index contributed by atoms with van der Waals surface area (Å²) in [6.45, 7) is 5.02. The maximum absolute atomic E-state index is 13.3. The van der Waals surface area contributed by atoms with Gasteiger partial charge in [-0.2, -0.15) is 5.10 Å². The summed E-state index contributed by atoms with van der Waals surface area (Å²) in [4.78, 5) is 19.5. The highest BCUT2D eigenvalue weighted by Gasteiger charge is 2.28. The van der Waals surface area contributed by atoms with E-state index in [9.17, 15) is 4.79 Å². The van der Waals surface area contributed by atoms with Gasteiger partial charge < -0.3 is 9.64 Å². The molecule has 1 aliphatic rings. The number of benzene rings is 1. The molecule has 6 nitrogen and oxygen atoms in total. The molecule has 140 valence electrons. The molecule has 3 heterocycles. The molecule has 1 aromatic carbocycles. The average Bonchev–Trinajstić information content (AvgIpc) is 3.03. The number of aryl methyl sites for hydroxylation is 2. The third-order valence-electron chi connectivity index (χ3n) is 4.86. The number of aromatic nitrogens is 3. The number of H-pyrrole nitrogens is 1. The van der Waals surface area contributed by atoms with Crippen LogP contribution in [0.1, 0.15) is 34.6 Å². The number of piperidine rings is 1. The molecule has 1 N–H and O–H groups in total. The first kappa shape index (κ1) is 17.8. The summed E-state index contributed by atoms with van der Waals surface area (Å²) in [7, 11) is 0. The van der Waals surface area contributed by atoms with Gasteiger partial charge in [-0.25, -0.2) is 4.98 Å². The first-order valence-electron chi connectivity index (χ1n) is 9.05. The Morgan fingerprint density at radius 3 is 2.96 bits per heavy atom. The van der Waals surface area contributed by atoms with Gasteiger partial charge in [0.15, 0.2) is 5.65 Å². The van der Waals surface area contributed by atoms with E-state index in [4.69, 9.17) is 16.3 Å². The number of likely N-dealkylation sites (tertiary alicyclic amines) is 1. The van der Waals surface area contributed by atoms with Gasteiger partial charge >= 0.3 is 0 Å². The number of amides is 1. The second-order valence-corrected chi connectivity index (χ2v) is 7.33. The number of aromatic amines is 1. The van der Waals surface area contributed by atoms with Crippen LogP contribution in [0.4, 0.5) is 0 Å². The molecule has 2 aromatic heterocycles. The Labute approximate surface area is 162 Å². The van der Waals surface area contributed by atoms with E-state index in [1.165, 1.54) is 0 Å². The Kier molecular flexibility index (Phi) is 4.74. The lowest BCUT2D eigenvalue weighted by Crippen LogP contribution is -2.44. The van der Waals surface area contributed by atoms with E-state index in [-0.39, 0.29) is 12.0 Å². The van der Waals surface area contributed by atoms with Gasteiger partial charge in [0.25, 0.3) is 5.91 Å². The van der Waals surface area contributed by atoms with Crippen LogP contribution >= 0.6 is 11.6 Å². The maximum Gasteiger partial charge on any atom is 0.254 e. The fourth-order valence-electron chi connectivity index (χ4n) is 3.58. The third kappa shape index (κ3) is 3.49. The van der Waals surface area contributed by atoms with E-state index in [2.05, 4.69) is 15.2 Å². The van der Waals surface area contributed by atoms with Crippen molar-refractivity contribution in [2.24, 2.45) is 0 Å². The zero-order chi connectivity index (χ0) is 19.0. The van der Waals surface area contributed by atoms with Gasteiger partial charge in [0.2, 0.25) is 0 Å². The Bertz CT molecular complexity index is 1000. The van der Waals surface area contributed by atoms with Crippen molar-refractivity contribution in [2.45, 2.75) is 32.8 Å². The maximum atomic E-state index is 13.3. The molecular formula is C20H21ClN4O2. The smallest absolute Gasteiger partial charge is 0.254 e. The Balaban J connectivity index is 1.58.